The Labute approximate surface area is 95.5 Å². The highest BCUT2D eigenvalue weighted by molar-refractivity contribution is 5.88. The lowest BCUT2D eigenvalue weighted by Crippen LogP contribution is -2.18. The summed E-state index contributed by atoms with van der Waals surface area (Å²) in [5.74, 6) is 0. The summed E-state index contributed by atoms with van der Waals surface area (Å²) < 4.78 is 2.10. The van der Waals surface area contributed by atoms with Crippen molar-refractivity contribution in [3.63, 3.8) is 0 Å². The van der Waals surface area contributed by atoms with Crippen molar-refractivity contribution in [1.82, 2.24) is 4.57 Å². The molecule has 2 rings (SSSR count). The van der Waals surface area contributed by atoms with Crippen LogP contribution in [0.3, 0.4) is 0 Å². The van der Waals surface area contributed by atoms with Gasteiger partial charge in [0.1, 0.15) is 0 Å². The number of hydrogen-bond acceptors (Lipinski definition) is 2. The number of nitrogens with zero attached hydrogens (tertiary/aromatic N) is 1. The van der Waals surface area contributed by atoms with E-state index in [0.29, 0.717) is 0 Å². The first-order valence-corrected chi connectivity index (χ1v) is 5.48. The summed E-state index contributed by atoms with van der Waals surface area (Å²) in [5, 5.41) is 10.4. The normalized spacial score (nSPS) is 13.3. The Balaban J connectivity index is 2.82. The third-order valence-electron chi connectivity index (χ3n) is 3.27. The number of aliphatic hydroxyl groups is 1. The Bertz CT molecular complexity index is 528. The van der Waals surface area contributed by atoms with E-state index in [0.717, 1.165) is 5.69 Å². The van der Waals surface area contributed by atoms with Gasteiger partial charge in [-0.1, -0.05) is 18.2 Å². The highest BCUT2D eigenvalue weighted by Gasteiger charge is 2.17. The first-order valence-electron chi connectivity index (χ1n) is 5.48. The zero-order valence-electron chi connectivity index (χ0n) is 9.99. The molecule has 0 aliphatic heterocycles. The summed E-state index contributed by atoms with van der Waals surface area (Å²) in [6.45, 7) is 4.13. The number of aliphatic hydroxyl groups excluding tert-OH is 1. The van der Waals surface area contributed by atoms with Crippen LogP contribution in [0.5, 0.6) is 0 Å². The highest BCUT2D eigenvalue weighted by Crippen LogP contribution is 2.29. The monoisotopic (exact) mass is 218 g/mol. The van der Waals surface area contributed by atoms with Gasteiger partial charge >= 0.3 is 0 Å². The number of aromatic nitrogens is 1. The van der Waals surface area contributed by atoms with Gasteiger partial charge in [-0.2, -0.15) is 0 Å². The van der Waals surface area contributed by atoms with Gasteiger partial charge in [0.2, 0.25) is 0 Å². The second-order valence-corrected chi connectivity index (χ2v) is 4.33. The topological polar surface area (TPSA) is 51.2 Å². The smallest absolute Gasteiger partial charge is 0.0687 e. The van der Waals surface area contributed by atoms with Gasteiger partial charge in [0.25, 0.3) is 0 Å². The van der Waals surface area contributed by atoms with Gasteiger partial charge < -0.3 is 15.4 Å². The van der Waals surface area contributed by atoms with Crippen LogP contribution >= 0.6 is 0 Å². The number of nitrogens with two attached hydrogens (primary N) is 1. The molecule has 0 bridgehead atoms. The molecule has 1 heterocycles. The SMILES string of the molecule is Cc1c(C(N)CO)n(C)c2c(C)cccc12. The lowest BCUT2D eigenvalue weighted by atomic mass is 10.1. The van der Waals surface area contributed by atoms with E-state index < -0.39 is 0 Å². The molecule has 0 aliphatic carbocycles. The average Bonchev–Trinajstić information content (AvgIpc) is 2.52. The third-order valence-corrected chi connectivity index (χ3v) is 3.27. The van der Waals surface area contributed by atoms with Crippen LogP contribution in [0.4, 0.5) is 0 Å². The van der Waals surface area contributed by atoms with E-state index in [1.807, 2.05) is 7.05 Å². The van der Waals surface area contributed by atoms with Gasteiger partial charge in [-0.25, -0.2) is 0 Å². The minimum absolute atomic E-state index is 0.0238. The zero-order chi connectivity index (χ0) is 11.9. The second-order valence-electron chi connectivity index (χ2n) is 4.33. The van der Waals surface area contributed by atoms with E-state index in [9.17, 15) is 5.11 Å². The van der Waals surface area contributed by atoms with Crippen molar-refractivity contribution in [2.75, 3.05) is 6.61 Å². The van der Waals surface area contributed by atoms with Crippen molar-refractivity contribution in [2.24, 2.45) is 12.8 Å². The van der Waals surface area contributed by atoms with Crippen molar-refractivity contribution in [1.29, 1.82) is 0 Å². The third kappa shape index (κ3) is 1.44. The summed E-state index contributed by atoms with van der Waals surface area (Å²) in [7, 11) is 2.01. The molecule has 0 fully saturated rings. The Morgan fingerprint density at radius 3 is 2.62 bits per heavy atom. The molecule has 0 amide bonds. The predicted octanol–water partition coefficient (Wildman–Crippen LogP) is 1.79. The Hall–Kier alpha value is -1.32. The molecule has 0 spiro atoms. The average molecular weight is 218 g/mol. The molecule has 3 heteroatoms. The van der Waals surface area contributed by atoms with Gasteiger partial charge in [-0.3, -0.25) is 0 Å². The van der Waals surface area contributed by atoms with Crippen LogP contribution in [0, 0.1) is 13.8 Å². The molecule has 0 aliphatic rings. The summed E-state index contributed by atoms with van der Waals surface area (Å²) in [4.78, 5) is 0. The van der Waals surface area contributed by atoms with Crippen molar-refractivity contribution < 1.29 is 5.11 Å². The van der Waals surface area contributed by atoms with Gasteiger partial charge in [-0.15, -0.1) is 0 Å². The molecule has 1 aromatic heterocycles. The number of benzene rings is 1. The van der Waals surface area contributed by atoms with Gasteiger partial charge in [0, 0.05) is 18.1 Å². The van der Waals surface area contributed by atoms with E-state index >= 15 is 0 Å². The predicted molar refractivity (Wildman–Crippen MR) is 66.4 cm³/mol. The minimum atomic E-state index is -0.309. The molecule has 2 aromatic rings. The van der Waals surface area contributed by atoms with Crippen LogP contribution in [-0.2, 0) is 7.05 Å². The van der Waals surface area contributed by atoms with Crippen LogP contribution in [0.1, 0.15) is 22.9 Å². The standard InChI is InChI=1S/C13H18N2O/c1-8-5-4-6-10-9(2)13(11(14)7-16)15(3)12(8)10/h4-6,11,16H,7,14H2,1-3H3. The highest BCUT2D eigenvalue weighted by atomic mass is 16.3. The molecule has 16 heavy (non-hydrogen) atoms. The maximum Gasteiger partial charge on any atom is 0.0687 e. The Kier molecular flexibility index (Phi) is 2.74. The molecule has 86 valence electrons. The molecule has 1 atom stereocenters. The summed E-state index contributed by atoms with van der Waals surface area (Å²) in [6, 6.07) is 5.94. The van der Waals surface area contributed by atoms with Crippen molar-refractivity contribution in [3.05, 3.63) is 35.0 Å². The molecular weight excluding hydrogens is 200 g/mol. The number of hydrogen-bond donors (Lipinski definition) is 2. The number of fused-ring (bicyclic) bond motifs is 1. The van der Waals surface area contributed by atoms with Crippen molar-refractivity contribution >= 4 is 10.9 Å². The lowest BCUT2D eigenvalue weighted by Gasteiger charge is -2.12. The van der Waals surface area contributed by atoms with Crippen LogP contribution in [0.2, 0.25) is 0 Å². The molecule has 1 aromatic carbocycles. The van der Waals surface area contributed by atoms with Crippen LogP contribution in [-0.4, -0.2) is 16.3 Å². The number of aryl methyl sites for hydroxylation is 3. The molecule has 3 nitrogen and oxygen atoms in total. The van der Waals surface area contributed by atoms with Gasteiger partial charge in [-0.05, 0) is 25.0 Å². The van der Waals surface area contributed by atoms with Crippen LogP contribution in [0.25, 0.3) is 10.9 Å². The fraction of sp³-hybridized carbons (Fsp3) is 0.385. The van der Waals surface area contributed by atoms with Gasteiger partial charge in [0.05, 0.1) is 18.2 Å². The van der Waals surface area contributed by atoms with E-state index in [-0.39, 0.29) is 12.6 Å². The first-order chi connectivity index (χ1) is 7.57. The van der Waals surface area contributed by atoms with Crippen LogP contribution in [0.15, 0.2) is 18.2 Å². The lowest BCUT2D eigenvalue weighted by molar-refractivity contribution is 0.264. The summed E-state index contributed by atoms with van der Waals surface area (Å²) >= 11 is 0. The Morgan fingerprint density at radius 1 is 1.38 bits per heavy atom. The minimum Gasteiger partial charge on any atom is -0.394 e. The molecule has 0 radical (unpaired) electrons. The van der Waals surface area contributed by atoms with E-state index in [2.05, 4.69) is 36.6 Å². The summed E-state index contributed by atoms with van der Waals surface area (Å²) in [5.41, 5.74) is 10.6. The fourth-order valence-corrected chi connectivity index (χ4v) is 2.53. The fourth-order valence-electron chi connectivity index (χ4n) is 2.53. The quantitative estimate of drug-likeness (QED) is 0.807. The molecule has 0 saturated heterocycles. The van der Waals surface area contributed by atoms with E-state index in [1.54, 1.807) is 0 Å². The number of para-hydroxylation sites is 1. The van der Waals surface area contributed by atoms with Crippen LogP contribution < -0.4 is 5.73 Å². The largest absolute Gasteiger partial charge is 0.394 e. The van der Waals surface area contributed by atoms with Crippen molar-refractivity contribution in [3.8, 4) is 0 Å². The summed E-state index contributed by atoms with van der Waals surface area (Å²) in [6.07, 6.45) is 0. The maximum atomic E-state index is 9.19. The second kappa shape index (κ2) is 3.92. The molecular formula is C13H18N2O. The van der Waals surface area contributed by atoms with Crippen molar-refractivity contribution in [2.45, 2.75) is 19.9 Å². The maximum absolute atomic E-state index is 9.19. The molecule has 1 unspecified atom stereocenters. The number of rotatable bonds is 2. The Morgan fingerprint density at radius 2 is 2.06 bits per heavy atom. The van der Waals surface area contributed by atoms with E-state index in [4.69, 9.17) is 5.73 Å². The first kappa shape index (κ1) is 11.2. The molecule has 0 saturated carbocycles. The molecule has 3 N–H and O–H groups in total. The van der Waals surface area contributed by atoms with Gasteiger partial charge in [0.15, 0.2) is 0 Å². The zero-order valence-corrected chi connectivity index (χ0v) is 9.99. The van der Waals surface area contributed by atoms with E-state index in [1.165, 1.54) is 22.0 Å².